The molecule has 0 saturated heterocycles. The summed E-state index contributed by atoms with van der Waals surface area (Å²) in [5.74, 6) is -4.30. The lowest BCUT2D eigenvalue weighted by atomic mass is 9.70. The van der Waals surface area contributed by atoms with Crippen molar-refractivity contribution < 1.29 is 22.8 Å². The number of fused-ring (bicyclic) bond motifs is 2. The first kappa shape index (κ1) is 12.6. The first-order valence-corrected chi connectivity index (χ1v) is 5.69. The molecule has 0 aliphatic heterocycles. The van der Waals surface area contributed by atoms with E-state index in [2.05, 4.69) is 0 Å². The first-order valence-electron chi connectivity index (χ1n) is 5.69. The molecule has 2 rings (SSSR count). The Labute approximate surface area is 97.6 Å². The van der Waals surface area contributed by atoms with Gasteiger partial charge in [-0.25, -0.2) is 0 Å². The van der Waals surface area contributed by atoms with Crippen LogP contribution in [0.25, 0.3) is 0 Å². The van der Waals surface area contributed by atoms with Gasteiger partial charge in [0.15, 0.2) is 0 Å². The lowest BCUT2D eigenvalue weighted by Gasteiger charge is -2.32. The molecule has 0 aromatic rings. The van der Waals surface area contributed by atoms with Crippen molar-refractivity contribution in [1.29, 1.82) is 0 Å². The van der Waals surface area contributed by atoms with E-state index in [4.69, 9.17) is 0 Å². The topological polar surface area (TPSA) is 34.1 Å². The highest BCUT2D eigenvalue weighted by Gasteiger charge is 2.70. The number of alkyl halides is 3. The largest absolute Gasteiger partial charge is 0.450 e. The molecule has 1 unspecified atom stereocenters. The third-order valence-corrected chi connectivity index (χ3v) is 5.09. The number of hydrogen-bond acceptors (Lipinski definition) is 2. The average Bonchev–Trinajstić information content (AvgIpc) is 2.47. The van der Waals surface area contributed by atoms with Crippen LogP contribution in [0.2, 0.25) is 0 Å². The molecule has 0 heterocycles. The summed E-state index contributed by atoms with van der Waals surface area (Å²) in [4.78, 5) is 23.4. The summed E-state index contributed by atoms with van der Waals surface area (Å²) in [7, 11) is 0. The summed E-state index contributed by atoms with van der Waals surface area (Å²) in [5.41, 5.74) is -1.29. The minimum Gasteiger partial charge on any atom is -0.298 e. The molecule has 0 N–H and O–H groups in total. The Balaban J connectivity index is 2.42. The smallest absolute Gasteiger partial charge is 0.298 e. The lowest BCUT2D eigenvalue weighted by Crippen LogP contribution is -2.40. The number of ketones is 2. The van der Waals surface area contributed by atoms with Crippen LogP contribution in [-0.4, -0.2) is 17.7 Å². The van der Waals surface area contributed by atoms with Crippen molar-refractivity contribution in [2.24, 2.45) is 22.7 Å². The highest BCUT2D eigenvalue weighted by Crippen LogP contribution is 2.66. The Bertz CT molecular complexity index is 397. The van der Waals surface area contributed by atoms with E-state index in [1.165, 1.54) is 0 Å². The second-order valence-electron chi connectivity index (χ2n) is 5.90. The predicted octanol–water partition coefficient (Wildman–Crippen LogP) is 2.76. The monoisotopic (exact) mass is 248 g/mol. The number of halogens is 3. The van der Waals surface area contributed by atoms with Crippen molar-refractivity contribution in [1.82, 2.24) is 0 Å². The van der Waals surface area contributed by atoms with Crippen LogP contribution in [0.4, 0.5) is 13.2 Å². The Kier molecular flexibility index (Phi) is 2.31. The van der Waals surface area contributed by atoms with Gasteiger partial charge >= 0.3 is 6.18 Å². The van der Waals surface area contributed by atoms with Crippen molar-refractivity contribution in [3.63, 3.8) is 0 Å². The molecule has 2 bridgehead atoms. The summed E-state index contributed by atoms with van der Waals surface area (Å²) < 4.78 is 37.4. The third-order valence-electron chi connectivity index (χ3n) is 5.09. The van der Waals surface area contributed by atoms with Gasteiger partial charge in [-0.05, 0) is 24.2 Å². The summed E-state index contributed by atoms with van der Waals surface area (Å²) in [6.45, 7) is 5.29. The van der Waals surface area contributed by atoms with Crippen molar-refractivity contribution in [2.75, 3.05) is 0 Å². The fourth-order valence-corrected chi connectivity index (χ4v) is 3.56. The van der Waals surface area contributed by atoms with Crippen LogP contribution in [0.3, 0.4) is 0 Å². The molecule has 0 aromatic carbocycles. The van der Waals surface area contributed by atoms with E-state index in [9.17, 15) is 22.8 Å². The van der Waals surface area contributed by atoms with Gasteiger partial charge < -0.3 is 0 Å². The van der Waals surface area contributed by atoms with Crippen LogP contribution < -0.4 is 0 Å². The molecule has 2 saturated carbocycles. The Hall–Kier alpha value is -0.870. The molecular weight excluding hydrogens is 233 g/mol. The van der Waals surface area contributed by atoms with E-state index >= 15 is 0 Å². The van der Waals surface area contributed by atoms with Gasteiger partial charge in [0.25, 0.3) is 0 Å². The number of Topliss-reactive ketones (excluding diaryl/α,β-unsaturated/α-hetero) is 2. The van der Waals surface area contributed by atoms with Gasteiger partial charge in [0.05, 0.1) is 5.92 Å². The molecule has 96 valence electrons. The maximum Gasteiger partial charge on any atom is 0.450 e. The van der Waals surface area contributed by atoms with Crippen molar-refractivity contribution in [3.8, 4) is 0 Å². The van der Waals surface area contributed by atoms with E-state index in [0.29, 0.717) is 12.8 Å². The Morgan fingerprint density at radius 1 is 1.29 bits per heavy atom. The first-order chi connectivity index (χ1) is 7.53. The summed E-state index contributed by atoms with van der Waals surface area (Å²) in [6, 6.07) is 0. The quantitative estimate of drug-likeness (QED) is 0.669. The van der Waals surface area contributed by atoms with Gasteiger partial charge in [-0.3, -0.25) is 9.59 Å². The van der Waals surface area contributed by atoms with E-state index in [1.54, 1.807) is 20.8 Å². The SMILES string of the molecule is CC1(C)C2CC[C@]1(C)C(=O)[C@@H]2C(=O)C(F)(F)F. The second-order valence-corrected chi connectivity index (χ2v) is 5.90. The average molecular weight is 248 g/mol. The molecule has 17 heavy (non-hydrogen) atoms. The molecule has 0 radical (unpaired) electrons. The van der Waals surface area contributed by atoms with Crippen molar-refractivity contribution >= 4 is 11.6 Å². The minimum absolute atomic E-state index is 0.464. The number of carbonyl (C=O) groups excluding carboxylic acids is 2. The molecule has 2 aliphatic rings. The van der Waals surface area contributed by atoms with Crippen molar-refractivity contribution in [2.45, 2.75) is 39.8 Å². The summed E-state index contributed by atoms with van der Waals surface area (Å²) >= 11 is 0. The molecule has 2 fully saturated rings. The van der Waals surface area contributed by atoms with Gasteiger partial charge in [-0.2, -0.15) is 13.2 Å². The second kappa shape index (κ2) is 3.12. The van der Waals surface area contributed by atoms with Crippen LogP contribution in [0.1, 0.15) is 33.6 Å². The van der Waals surface area contributed by atoms with E-state index < -0.39 is 40.4 Å². The molecule has 0 amide bonds. The highest BCUT2D eigenvalue weighted by atomic mass is 19.4. The van der Waals surface area contributed by atoms with Gasteiger partial charge in [0.2, 0.25) is 5.78 Å². The molecular formula is C12H15F3O2. The summed E-state index contributed by atoms with van der Waals surface area (Å²) in [6.07, 6.45) is -3.79. The fourth-order valence-electron chi connectivity index (χ4n) is 3.56. The minimum atomic E-state index is -4.91. The van der Waals surface area contributed by atoms with Crippen LogP contribution >= 0.6 is 0 Å². The van der Waals surface area contributed by atoms with Gasteiger partial charge in [0, 0.05) is 5.41 Å². The van der Waals surface area contributed by atoms with Crippen molar-refractivity contribution in [3.05, 3.63) is 0 Å². The van der Waals surface area contributed by atoms with Gasteiger partial charge in [0.1, 0.15) is 5.78 Å². The molecule has 2 aliphatic carbocycles. The van der Waals surface area contributed by atoms with Crippen LogP contribution in [0, 0.1) is 22.7 Å². The maximum atomic E-state index is 12.5. The zero-order valence-corrected chi connectivity index (χ0v) is 10.0. The van der Waals surface area contributed by atoms with E-state index in [1.807, 2.05) is 0 Å². The van der Waals surface area contributed by atoms with E-state index in [0.717, 1.165) is 0 Å². The van der Waals surface area contributed by atoms with Crippen LogP contribution in [-0.2, 0) is 9.59 Å². The van der Waals surface area contributed by atoms with Crippen LogP contribution in [0.15, 0.2) is 0 Å². The number of rotatable bonds is 1. The fraction of sp³-hybridized carbons (Fsp3) is 0.833. The molecule has 0 aromatic heterocycles. The highest BCUT2D eigenvalue weighted by molar-refractivity contribution is 6.09. The molecule has 2 nitrogen and oxygen atoms in total. The Morgan fingerprint density at radius 3 is 2.18 bits per heavy atom. The normalized spacial score (nSPS) is 39.8. The van der Waals surface area contributed by atoms with E-state index in [-0.39, 0.29) is 0 Å². The van der Waals surface area contributed by atoms with Gasteiger partial charge in [-0.15, -0.1) is 0 Å². The maximum absolute atomic E-state index is 12.5. The number of carbonyl (C=O) groups is 2. The molecule has 3 atom stereocenters. The number of hydrogen-bond donors (Lipinski definition) is 0. The summed E-state index contributed by atoms with van der Waals surface area (Å²) in [5, 5.41) is 0. The Morgan fingerprint density at radius 2 is 1.82 bits per heavy atom. The van der Waals surface area contributed by atoms with Crippen LogP contribution in [0.5, 0.6) is 0 Å². The third kappa shape index (κ3) is 1.34. The molecule has 5 heteroatoms. The molecule has 0 spiro atoms. The standard InChI is InChI=1S/C12H15F3O2/c1-10(2)6-4-5-11(10,3)8(16)7(6)9(17)12(13,14)15/h6-7H,4-5H2,1-3H3/t6?,7-,11-/m1/s1. The predicted molar refractivity (Wildman–Crippen MR) is 54.2 cm³/mol. The lowest BCUT2D eigenvalue weighted by molar-refractivity contribution is -0.178. The van der Waals surface area contributed by atoms with Gasteiger partial charge in [-0.1, -0.05) is 20.8 Å². The zero-order valence-electron chi connectivity index (χ0n) is 10.0. The zero-order chi connectivity index (χ0) is 13.2.